The summed E-state index contributed by atoms with van der Waals surface area (Å²) >= 11 is 0. The van der Waals surface area contributed by atoms with E-state index in [2.05, 4.69) is 46.3 Å². The number of nitrogens with one attached hydrogen (secondary N) is 1. The van der Waals surface area contributed by atoms with Gasteiger partial charge in [0.15, 0.2) is 0 Å². The third-order valence-corrected chi connectivity index (χ3v) is 6.20. The van der Waals surface area contributed by atoms with Crippen LogP contribution in [0, 0.1) is 12.8 Å². The lowest BCUT2D eigenvalue weighted by atomic mass is 9.92. The lowest BCUT2D eigenvalue weighted by molar-refractivity contribution is -0.127. The van der Waals surface area contributed by atoms with Gasteiger partial charge in [0.1, 0.15) is 0 Å². The molecule has 2 N–H and O–H groups in total. The molecule has 27 heavy (non-hydrogen) atoms. The van der Waals surface area contributed by atoms with Crippen LogP contribution < -0.4 is 5.32 Å². The van der Waals surface area contributed by atoms with Crippen LogP contribution in [0.3, 0.4) is 0 Å². The Balaban J connectivity index is 1.39. The molecule has 0 radical (unpaired) electrons. The topological polar surface area (TPSA) is 55.8 Å². The summed E-state index contributed by atoms with van der Waals surface area (Å²) in [6.45, 7) is 9.69. The maximum absolute atomic E-state index is 12.2. The van der Waals surface area contributed by atoms with Crippen LogP contribution >= 0.6 is 0 Å². The minimum absolute atomic E-state index is 0.112. The lowest BCUT2D eigenvalue weighted by Gasteiger charge is -2.41. The molecule has 2 aliphatic heterocycles. The molecule has 1 amide bonds. The smallest absolute Gasteiger partial charge is 0.223 e. The molecule has 0 spiro atoms. The number of aliphatic hydroxyl groups is 1. The van der Waals surface area contributed by atoms with Crippen molar-refractivity contribution in [1.29, 1.82) is 0 Å². The molecule has 0 saturated carbocycles. The van der Waals surface area contributed by atoms with Crippen LogP contribution in [0.5, 0.6) is 0 Å². The summed E-state index contributed by atoms with van der Waals surface area (Å²) in [5.74, 6) is 0.227. The van der Waals surface area contributed by atoms with E-state index in [-0.39, 0.29) is 11.8 Å². The zero-order valence-electron chi connectivity index (χ0n) is 16.9. The van der Waals surface area contributed by atoms with E-state index in [0.29, 0.717) is 12.6 Å². The Morgan fingerprint density at radius 2 is 1.81 bits per heavy atom. The number of hydrogen-bond donors (Lipinski definition) is 2. The summed E-state index contributed by atoms with van der Waals surface area (Å²) in [6.07, 6.45) is 3.86. The highest BCUT2D eigenvalue weighted by Gasteiger charge is 2.30. The molecule has 2 saturated heterocycles. The third-order valence-electron chi connectivity index (χ3n) is 6.20. The summed E-state index contributed by atoms with van der Waals surface area (Å²) in [5.41, 5.74) is 2.83. The Morgan fingerprint density at radius 3 is 2.44 bits per heavy atom. The van der Waals surface area contributed by atoms with Crippen molar-refractivity contribution >= 4 is 5.91 Å². The van der Waals surface area contributed by atoms with Gasteiger partial charge in [-0.05, 0) is 76.8 Å². The number of benzene rings is 1. The molecule has 0 unspecified atom stereocenters. The molecular weight excluding hydrogens is 338 g/mol. The van der Waals surface area contributed by atoms with Crippen LogP contribution in [0.1, 0.15) is 43.7 Å². The number of aliphatic hydroxyl groups excluding tert-OH is 1. The van der Waals surface area contributed by atoms with Crippen LogP contribution in [0.2, 0.25) is 0 Å². The Bertz CT molecular complexity index is 603. The fourth-order valence-corrected chi connectivity index (χ4v) is 4.39. The zero-order chi connectivity index (χ0) is 19.2. The average molecular weight is 374 g/mol. The van der Waals surface area contributed by atoms with E-state index >= 15 is 0 Å². The van der Waals surface area contributed by atoms with Crippen LogP contribution in [0.4, 0.5) is 0 Å². The molecule has 5 nitrogen and oxygen atoms in total. The molecule has 2 heterocycles. The maximum atomic E-state index is 12.2. The molecule has 1 aromatic carbocycles. The van der Waals surface area contributed by atoms with Crippen molar-refractivity contribution in [2.75, 3.05) is 32.7 Å². The van der Waals surface area contributed by atoms with Crippen LogP contribution in [0.15, 0.2) is 24.3 Å². The highest BCUT2D eigenvalue weighted by atomic mass is 16.3. The molecular formula is C22H35N3O2. The number of carbonyl (C=O) groups excluding carboxylic acids is 1. The predicted molar refractivity (Wildman–Crippen MR) is 108 cm³/mol. The van der Waals surface area contributed by atoms with Gasteiger partial charge in [0.25, 0.3) is 0 Å². The largest absolute Gasteiger partial charge is 0.392 e. The number of carbonyl (C=O) groups is 1. The van der Waals surface area contributed by atoms with E-state index in [4.69, 9.17) is 0 Å². The van der Waals surface area contributed by atoms with Crippen molar-refractivity contribution in [1.82, 2.24) is 15.1 Å². The number of hydrogen-bond acceptors (Lipinski definition) is 4. The Morgan fingerprint density at radius 1 is 1.15 bits per heavy atom. The van der Waals surface area contributed by atoms with E-state index < -0.39 is 6.10 Å². The van der Waals surface area contributed by atoms with Gasteiger partial charge >= 0.3 is 0 Å². The standard InChI is InChI=1S/C22H35N3O2/c1-17-5-3-4-6-20(17)16-24-11-9-21(10-12-24)25-13-7-19(8-14-25)22(27)23-15-18(2)26/h3-6,18-19,21,26H,7-16H2,1-2H3,(H,23,27)/t18-/m0/s1. The molecule has 3 rings (SSSR count). The average Bonchev–Trinajstić information content (AvgIpc) is 2.68. The molecule has 2 fully saturated rings. The highest BCUT2D eigenvalue weighted by molar-refractivity contribution is 5.78. The maximum Gasteiger partial charge on any atom is 0.223 e. The summed E-state index contributed by atoms with van der Waals surface area (Å²) < 4.78 is 0. The molecule has 0 aliphatic carbocycles. The molecule has 150 valence electrons. The van der Waals surface area contributed by atoms with E-state index in [1.54, 1.807) is 6.92 Å². The molecule has 5 heteroatoms. The van der Waals surface area contributed by atoms with E-state index in [0.717, 1.165) is 45.6 Å². The van der Waals surface area contributed by atoms with E-state index in [9.17, 15) is 9.90 Å². The summed E-state index contributed by atoms with van der Waals surface area (Å²) in [6, 6.07) is 9.36. The first-order valence-corrected chi connectivity index (χ1v) is 10.5. The van der Waals surface area contributed by atoms with E-state index in [1.807, 2.05) is 0 Å². The van der Waals surface area contributed by atoms with Crippen molar-refractivity contribution in [2.24, 2.45) is 5.92 Å². The van der Waals surface area contributed by atoms with Crippen molar-refractivity contribution in [3.63, 3.8) is 0 Å². The summed E-state index contributed by atoms with van der Waals surface area (Å²) in [4.78, 5) is 17.4. The quantitative estimate of drug-likeness (QED) is 0.802. The normalized spacial score (nSPS) is 21.9. The van der Waals surface area contributed by atoms with Crippen LogP contribution in [0.25, 0.3) is 0 Å². The molecule has 1 aromatic rings. The molecule has 0 bridgehead atoms. The van der Waals surface area contributed by atoms with Crippen LogP contribution in [-0.4, -0.2) is 65.7 Å². The van der Waals surface area contributed by atoms with Gasteiger partial charge in [-0.2, -0.15) is 0 Å². The Kier molecular flexibility index (Phi) is 7.27. The van der Waals surface area contributed by atoms with Gasteiger partial charge in [0.05, 0.1) is 6.10 Å². The second kappa shape index (κ2) is 9.67. The Hall–Kier alpha value is -1.43. The lowest BCUT2D eigenvalue weighted by Crippen LogP contribution is -2.49. The first-order valence-electron chi connectivity index (χ1n) is 10.5. The number of nitrogens with zero attached hydrogens (tertiary/aromatic N) is 2. The highest BCUT2D eigenvalue weighted by Crippen LogP contribution is 2.25. The summed E-state index contributed by atoms with van der Waals surface area (Å²) in [7, 11) is 0. The minimum Gasteiger partial charge on any atom is -0.392 e. The van der Waals surface area contributed by atoms with Crippen molar-refractivity contribution in [3.8, 4) is 0 Å². The summed E-state index contributed by atoms with van der Waals surface area (Å²) in [5, 5.41) is 12.2. The van der Waals surface area contributed by atoms with Crippen molar-refractivity contribution < 1.29 is 9.90 Å². The van der Waals surface area contributed by atoms with Gasteiger partial charge in [-0.15, -0.1) is 0 Å². The monoisotopic (exact) mass is 373 g/mol. The van der Waals surface area contributed by atoms with Gasteiger partial charge in [-0.1, -0.05) is 24.3 Å². The Labute approximate surface area is 163 Å². The number of rotatable bonds is 6. The number of likely N-dealkylation sites (tertiary alicyclic amines) is 2. The van der Waals surface area contributed by atoms with E-state index in [1.165, 1.54) is 24.0 Å². The SMILES string of the molecule is Cc1ccccc1CN1CCC(N2CCC(C(=O)NC[C@H](C)O)CC2)CC1. The van der Waals surface area contributed by atoms with Gasteiger partial charge < -0.3 is 15.3 Å². The van der Waals surface area contributed by atoms with Crippen molar-refractivity contribution in [3.05, 3.63) is 35.4 Å². The van der Waals surface area contributed by atoms with Gasteiger partial charge in [0.2, 0.25) is 5.91 Å². The second-order valence-corrected chi connectivity index (χ2v) is 8.34. The number of amides is 1. The zero-order valence-corrected chi connectivity index (χ0v) is 16.9. The molecule has 0 aromatic heterocycles. The predicted octanol–water partition coefficient (Wildman–Crippen LogP) is 2.17. The third kappa shape index (κ3) is 5.77. The first-order chi connectivity index (χ1) is 13.0. The fraction of sp³-hybridized carbons (Fsp3) is 0.682. The minimum atomic E-state index is -0.473. The first kappa shape index (κ1) is 20.3. The second-order valence-electron chi connectivity index (χ2n) is 8.34. The fourth-order valence-electron chi connectivity index (χ4n) is 4.39. The molecule has 2 aliphatic rings. The number of aryl methyl sites for hydroxylation is 1. The van der Waals surface area contributed by atoms with Crippen LogP contribution in [-0.2, 0) is 11.3 Å². The van der Waals surface area contributed by atoms with Crippen molar-refractivity contribution in [2.45, 2.75) is 58.2 Å². The van der Waals surface area contributed by atoms with Gasteiger partial charge in [0, 0.05) is 25.0 Å². The van der Waals surface area contributed by atoms with Gasteiger partial charge in [-0.3, -0.25) is 9.69 Å². The van der Waals surface area contributed by atoms with Gasteiger partial charge in [-0.25, -0.2) is 0 Å². The number of piperidine rings is 2. The molecule has 1 atom stereocenters.